The van der Waals surface area contributed by atoms with Gasteiger partial charge in [-0.05, 0) is 17.7 Å². The summed E-state index contributed by atoms with van der Waals surface area (Å²) < 4.78 is 42.6. The van der Waals surface area contributed by atoms with Gasteiger partial charge >= 0.3 is 6.18 Å². The van der Waals surface area contributed by atoms with Gasteiger partial charge in [0.1, 0.15) is 0 Å². The average molecular weight is 351 g/mol. The fraction of sp³-hybridized carbons (Fsp3) is 0.533. The Hall–Kier alpha value is -1.31. The molecule has 128 valence electrons. The van der Waals surface area contributed by atoms with Gasteiger partial charge in [0, 0.05) is 37.6 Å². The third-order valence-electron chi connectivity index (χ3n) is 3.55. The smallest absolute Gasteiger partial charge is 0.366 e. The number of alkyl halides is 3. The largest absolute Gasteiger partial charge is 0.415 e. The topological polar surface area (TPSA) is 41.6 Å². The Bertz CT molecular complexity index is 540. The second-order valence-corrected chi connectivity index (χ2v) is 5.79. The maximum atomic E-state index is 12.6. The van der Waals surface area contributed by atoms with Crippen LogP contribution in [0.1, 0.15) is 12.0 Å². The summed E-state index contributed by atoms with van der Waals surface area (Å²) in [6, 6.07) is 7.11. The van der Waals surface area contributed by atoms with Crippen LogP contribution in [0.15, 0.2) is 24.3 Å². The molecular formula is C15H18ClF3N2O2. The minimum Gasteiger partial charge on any atom is -0.366 e. The Kier molecular flexibility index (Phi) is 6.26. The summed E-state index contributed by atoms with van der Waals surface area (Å²) in [6.45, 7) is 0.804. The molecule has 0 aliphatic carbocycles. The predicted octanol–water partition coefficient (Wildman–Crippen LogP) is 2.61. The third kappa shape index (κ3) is 6.01. The monoisotopic (exact) mass is 350 g/mol. The maximum absolute atomic E-state index is 12.6. The van der Waals surface area contributed by atoms with E-state index < -0.39 is 12.3 Å². The number of benzene rings is 1. The van der Waals surface area contributed by atoms with E-state index in [1.807, 2.05) is 6.07 Å². The molecule has 23 heavy (non-hydrogen) atoms. The minimum absolute atomic E-state index is 0.0221. The van der Waals surface area contributed by atoms with Gasteiger partial charge in [-0.15, -0.1) is 0 Å². The van der Waals surface area contributed by atoms with E-state index in [1.165, 1.54) is 0 Å². The van der Waals surface area contributed by atoms with Crippen LogP contribution in [-0.2, 0) is 16.1 Å². The van der Waals surface area contributed by atoms with Crippen molar-refractivity contribution >= 4 is 17.5 Å². The second kappa shape index (κ2) is 7.99. The first-order chi connectivity index (χ1) is 10.8. The van der Waals surface area contributed by atoms with Crippen molar-refractivity contribution in [2.45, 2.75) is 25.2 Å². The lowest BCUT2D eigenvalue weighted by Crippen LogP contribution is -2.49. The fourth-order valence-corrected chi connectivity index (χ4v) is 2.51. The van der Waals surface area contributed by atoms with E-state index in [9.17, 15) is 18.0 Å². The average Bonchev–Trinajstić information content (AvgIpc) is 2.50. The zero-order valence-electron chi connectivity index (χ0n) is 12.4. The summed E-state index contributed by atoms with van der Waals surface area (Å²) in [6.07, 6.45) is -6.00. The van der Waals surface area contributed by atoms with Gasteiger partial charge in [0.05, 0.1) is 6.61 Å². The molecule has 1 saturated heterocycles. The van der Waals surface area contributed by atoms with Crippen LogP contribution in [0.2, 0.25) is 5.02 Å². The van der Waals surface area contributed by atoms with Crippen LogP contribution in [0.3, 0.4) is 0 Å². The molecule has 0 saturated carbocycles. The third-order valence-corrected chi connectivity index (χ3v) is 3.78. The van der Waals surface area contributed by atoms with Gasteiger partial charge < -0.3 is 10.1 Å². The molecule has 1 aliphatic heterocycles. The summed E-state index contributed by atoms with van der Waals surface area (Å²) >= 11 is 5.85. The van der Waals surface area contributed by atoms with Crippen molar-refractivity contribution in [1.82, 2.24) is 10.2 Å². The van der Waals surface area contributed by atoms with Gasteiger partial charge in [-0.25, -0.2) is 0 Å². The number of ether oxygens (including phenoxy) is 1. The van der Waals surface area contributed by atoms with Crippen LogP contribution in [-0.4, -0.2) is 49.3 Å². The Balaban J connectivity index is 1.72. The van der Waals surface area contributed by atoms with Crippen molar-refractivity contribution in [2.75, 3.05) is 26.2 Å². The number of carbonyl (C=O) groups is 1. The molecule has 1 aromatic rings. The maximum Gasteiger partial charge on any atom is 0.415 e. The van der Waals surface area contributed by atoms with Crippen LogP contribution in [0.25, 0.3) is 0 Å². The van der Waals surface area contributed by atoms with Crippen molar-refractivity contribution in [3.8, 4) is 0 Å². The Morgan fingerprint density at radius 1 is 1.43 bits per heavy atom. The highest BCUT2D eigenvalue weighted by molar-refractivity contribution is 6.30. The summed E-state index contributed by atoms with van der Waals surface area (Å²) in [5, 5.41) is 3.32. The molecule has 0 aromatic heterocycles. The number of halogens is 4. The summed E-state index contributed by atoms with van der Waals surface area (Å²) in [7, 11) is 0. The molecule has 8 heteroatoms. The fourth-order valence-electron chi connectivity index (χ4n) is 2.30. The molecule has 1 N–H and O–H groups in total. The van der Waals surface area contributed by atoms with Gasteiger partial charge in [0.25, 0.3) is 0 Å². The molecule has 1 fully saturated rings. The van der Waals surface area contributed by atoms with E-state index in [2.05, 4.69) is 5.32 Å². The van der Waals surface area contributed by atoms with Crippen molar-refractivity contribution < 1.29 is 22.7 Å². The van der Waals surface area contributed by atoms with Crippen LogP contribution in [0, 0.1) is 0 Å². The van der Waals surface area contributed by atoms with Gasteiger partial charge in [0.15, 0.2) is 6.10 Å². The quantitative estimate of drug-likeness (QED) is 0.887. The normalized spacial score (nSPS) is 19.6. The Morgan fingerprint density at radius 2 is 2.22 bits per heavy atom. The molecule has 0 bridgehead atoms. The number of morpholine rings is 1. The first kappa shape index (κ1) is 18.0. The molecule has 1 atom stereocenters. The van der Waals surface area contributed by atoms with Crippen LogP contribution < -0.4 is 5.32 Å². The van der Waals surface area contributed by atoms with Crippen LogP contribution >= 0.6 is 11.6 Å². The van der Waals surface area contributed by atoms with Crippen molar-refractivity contribution in [2.24, 2.45) is 0 Å². The van der Waals surface area contributed by atoms with E-state index in [-0.39, 0.29) is 32.0 Å². The number of carbonyl (C=O) groups excluding carboxylic acids is 1. The SMILES string of the molecule is O=C(CCN1CCOC(C(F)(F)F)C1)NCc1cccc(Cl)c1. The first-order valence-electron chi connectivity index (χ1n) is 7.26. The molecule has 0 spiro atoms. The van der Waals surface area contributed by atoms with Crippen molar-refractivity contribution in [1.29, 1.82) is 0 Å². The van der Waals surface area contributed by atoms with Crippen LogP contribution in [0.5, 0.6) is 0 Å². The van der Waals surface area contributed by atoms with Crippen LogP contribution in [0.4, 0.5) is 13.2 Å². The molecule has 1 aliphatic rings. The molecule has 1 heterocycles. The van der Waals surface area contributed by atoms with Crippen molar-refractivity contribution in [3.05, 3.63) is 34.9 Å². The number of amides is 1. The molecule has 4 nitrogen and oxygen atoms in total. The molecule has 1 amide bonds. The van der Waals surface area contributed by atoms with E-state index in [1.54, 1.807) is 23.1 Å². The van der Waals surface area contributed by atoms with Gasteiger partial charge in [-0.1, -0.05) is 23.7 Å². The summed E-state index contributed by atoms with van der Waals surface area (Å²) in [5.74, 6) is -0.208. The van der Waals surface area contributed by atoms with Crippen molar-refractivity contribution in [3.63, 3.8) is 0 Å². The Labute approximate surface area is 137 Å². The zero-order valence-corrected chi connectivity index (χ0v) is 13.2. The van der Waals surface area contributed by atoms with Gasteiger partial charge in [0.2, 0.25) is 5.91 Å². The lowest BCUT2D eigenvalue weighted by molar-refractivity contribution is -0.237. The number of rotatable bonds is 5. The summed E-state index contributed by atoms with van der Waals surface area (Å²) in [5.41, 5.74) is 0.870. The highest BCUT2D eigenvalue weighted by Crippen LogP contribution is 2.25. The van der Waals surface area contributed by atoms with Gasteiger partial charge in [-0.2, -0.15) is 13.2 Å². The molecule has 0 radical (unpaired) electrons. The molecule has 1 aromatic carbocycles. The van der Waals surface area contributed by atoms with E-state index in [4.69, 9.17) is 16.3 Å². The highest BCUT2D eigenvalue weighted by Gasteiger charge is 2.43. The van der Waals surface area contributed by atoms with E-state index in [0.717, 1.165) is 5.56 Å². The van der Waals surface area contributed by atoms with E-state index >= 15 is 0 Å². The standard InChI is InChI=1S/C15H18ClF3N2O2/c16-12-3-1-2-11(8-12)9-20-14(22)4-5-21-6-7-23-13(10-21)15(17,18)19/h1-3,8,13H,4-7,9-10H2,(H,20,22). The molecule has 1 unspecified atom stereocenters. The summed E-state index contributed by atoms with van der Waals surface area (Å²) in [4.78, 5) is 13.4. The number of hydrogen-bond acceptors (Lipinski definition) is 3. The highest BCUT2D eigenvalue weighted by atomic mass is 35.5. The second-order valence-electron chi connectivity index (χ2n) is 5.36. The Morgan fingerprint density at radius 3 is 2.91 bits per heavy atom. The predicted molar refractivity (Wildman–Crippen MR) is 80.2 cm³/mol. The van der Waals surface area contributed by atoms with Gasteiger partial charge in [-0.3, -0.25) is 9.69 Å². The lowest BCUT2D eigenvalue weighted by Gasteiger charge is -2.33. The lowest BCUT2D eigenvalue weighted by atomic mass is 10.2. The zero-order chi connectivity index (χ0) is 16.9. The minimum atomic E-state index is -4.37. The molecule has 2 rings (SSSR count). The number of nitrogens with zero attached hydrogens (tertiary/aromatic N) is 1. The first-order valence-corrected chi connectivity index (χ1v) is 7.64. The number of nitrogens with one attached hydrogen (secondary N) is 1. The van der Waals surface area contributed by atoms with E-state index in [0.29, 0.717) is 18.1 Å². The number of hydrogen-bond donors (Lipinski definition) is 1. The molecular weight excluding hydrogens is 333 g/mol.